The molecular formula is C23H29FN2O. The number of likely N-dealkylation sites (tertiary alicyclic amines) is 1. The van der Waals surface area contributed by atoms with Crippen LogP contribution in [0.25, 0.3) is 0 Å². The Balaban J connectivity index is 1.49. The minimum absolute atomic E-state index is 0.0223. The van der Waals surface area contributed by atoms with Crippen molar-refractivity contribution in [2.45, 2.75) is 46.2 Å². The number of rotatable bonds is 5. The Morgan fingerprint density at radius 1 is 1.11 bits per heavy atom. The van der Waals surface area contributed by atoms with E-state index >= 15 is 0 Å². The second kappa shape index (κ2) is 8.66. The highest BCUT2D eigenvalue weighted by Gasteiger charge is 2.26. The summed E-state index contributed by atoms with van der Waals surface area (Å²) in [6, 6.07) is 13.1. The van der Waals surface area contributed by atoms with Crippen molar-refractivity contribution >= 4 is 5.91 Å². The number of hydrogen-bond donors (Lipinski definition) is 1. The number of nitrogens with one attached hydrogen (secondary N) is 1. The predicted molar refractivity (Wildman–Crippen MR) is 107 cm³/mol. The molecule has 1 fully saturated rings. The Bertz CT molecular complexity index is 779. The number of benzene rings is 2. The van der Waals surface area contributed by atoms with Crippen LogP contribution < -0.4 is 5.32 Å². The van der Waals surface area contributed by atoms with Crippen molar-refractivity contribution in [3.05, 3.63) is 70.5 Å². The molecule has 1 N–H and O–H groups in total. The summed E-state index contributed by atoms with van der Waals surface area (Å²) in [6.45, 7) is 8.85. The van der Waals surface area contributed by atoms with Crippen LogP contribution in [0, 0.1) is 25.6 Å². The molecule has 0 unspecified atom stereocenters. The normalized spacial score (nSPS) is 16.9. The number of carbonyl (C=O) groups is 1. The number of amides is 1. The lowest BCUT2D eigenvalue weighted by Gasteiger charge is -2.32. The summed E-state index contributed by atoms with van der Waals surface area (Å²) in [7, 11) is 0. The molecule has 2 aromatic rings. The zero-order valence-corrected chi connectivity index (χ0v) is 16.5. The summed E-state index contributed by atoms with van der Waals surface area (Å²) in [5, 5.41) is 3.18. The lowest BCUT2D eigenvalue weighted by Crippen LogP contribution is -2.40. The highest BCUT2D eigenvalue weighted by molar-refractivity contribution is 5.79. The van der Waals surface area contributed by atoms with E-state index in [-0.39, 0.29) is 23.7 Å². The number of piperidine rings is 1. The first-order valence-corrected chi connectivity index (χ1v) is 9.76. The monoisotopic (exact) mass is 368 g/mol. The third kappa shape index (κ3) is 5.16. The van der Waals surface area contributed by atoms with Crippen LogP contribution in [-0.4, -0.2) is 23.9 Å². The van der Waals surface area contributed by atoms with Crippen molar-refractivity contribution in [3.63, 3.8) is 0 Å². The molecule has 0 saturated carbocycles. The number of carbonyl (C=O) groups excluding carboxylic acids is 1. The van der Waals surface area contributed by atoms with Gasteiger partial charge in [-0.2, -0.15) is 0 Å². The maximum Gasteiger partial charge on any atom is 0.223 e. The Morgan fingerprint density at radius 3 is 2.41 bits per heavy atom. The third-order valence-corrected chi connectivity index (χ3v) is 5.67. The largest absolute Gasteiger partial charge is 0.349 e. The van der Waals surface area contributed by atoms with Crippen molar-refractivity contribution in [1.82, 2.24) is 10.2 Å². The molecule has 3 rings (SSSR count). The number of halogens is 1. The zero-order chi connectivity index (χ0) is 19.4. The fourth-order valence-corrected chi connectivity index (χ4v) is 3.65. The molecule has 1 aliphatic rings. The van der Waals surface area contributed by atoms with Crippen LogP contribution in [0.15, 0.2) is 42.5 Å². The van der Waals surface area contributed by atoms with Crippen LogP contribution >= 0.6 is 0 Å². The maximum atomic E-state index is 13.0. The smallest absolute Gasteiger partial charge is 0.223 e. The van der Waals surface area contributed by atoms with E-state index < -0.39 is 0 Å². The number of aryl methyl sites for hydroxylation is 2. The summed E-state index contributed by atoms with van der Waals surface area (Å²) >= 11 is 0. The standard InChI is InChI=1S/C23H29FN2O/c1-16-4-7-21(14-17(16)2)18(3)25-23(27)20-10-12-26(13-11-20)15-19-5-8-22(24)9-6-19/h4-9,14,18,20H,10-13,15H2,1-3H3,(H,25,27)/t18-/m1/s1. The summed E-state index contributed by atoms with van der Waals surface area (Å²) in [5.41, 5.74) is 4.79. The molecule has 1 atom stereocenters. The molecule has 27 heavy (non-hydrogen) atoms. The van der Waals surface area contributed by atoms with Gasteiger partial charge in [-0.15, -0.1) is 0 Å². The molecule has 1 aliphatic heterocycles. The van der Waals surface area contributed by atoms with Gasteiger partial charge < -0.3 is 5.32 Å². The molecule has 1 heterocycles. The lowest BCUT2D eigenvalue weighted by atomic mass is 9.94. The van der Waals surface area contributed by atoms with Crippen LogP contribution in [-0.2, 0) is 11.3 Å². The summed E-state index contributed by atoms with van der Waals surface area (Å²) in [6.07, 6.45) is 1.74. The van der Waals surface area contributed by atoms with E-state index in [1.165, 1.54) is 23.3 Å². The van der Waals surface area contributed by atoms with Crippen molar-refractivity contribution in [1.29, 1.82) is 0 Å². The summed E-state index contributed by atoms with van der Waals surface area (Å²) in [5.74, 6) is 0.0256. The Labute approximate surface area is 161 Å². The summed E-state index contributed by atoms with van der Waals surface area (Å²) < 4.78 is 13.0. The van der Waals surface area contributed by atoms with Crippen LogP contribution in [0.2, 0.25) is 0 Å². The third-order valence-electron chi connectivity index (χ3n) is 5.67. The van der Waals surface area contributed by atoms with Crippen molar-refractivity contribution < 1.29 is 9.18 Å². The van der Waals surface area contributed by atoms with E-state index in [2.05, 4.69) is 42.3 Å². The first-order chi connectivity index (χ1) is 12.9. The van der Waals surface area contributed by atoms with E-state index in [0.29, 0.717) is 0 Å². The first-order valence-electron chi connectivity index (χ1n) is 9.76. The fraction of sp³-hybridized carbons (Fsp3) is 0.435. The van der Waals surface area contributed by atoms with Crippen LogP contribution in [0.1, 0.15) is 48.1 Å². The lowest BCUT2D eigenvalue weighted by molar-refractivity contribution is -0.127. The van der Waals surface area contributed by atoms with Gasteiger partial charge in [-0.3, -0.25) is 9.69 Å². The summed E-state index contributed by atoms with van der Waals surface area (Å²) in [4.78, 5) is 15.0. The van der Waals surface area contributed by atoms with Crippen molar-refractivity contribution in [2.75, 3.05) is 13.1 Å². The highest BCUT2D eigenvalue weighted by atomic mass is 19.1. The van der Waals surface area contributed by atoms with Gasteiger partial charge in [0.1, 0.15) is 5.82 Å². The predicted octanol–water partition coefficient (Wildman–Crippen LogP) is 4.53. The van der Waals surface area contributed by atoms with E-state index in [1.807, 2.05) is 19.1 Å². The molecule has 0 spiro atoms. The average molecular weight is 368 g/mol. The molecule has 1 saturated heterocycles. The highest BCUT2D eigenvalue weighted by Crippen LogP contribution is 2.22. The molecule has 0 aliphatic carbocycles. The molecule has 0 aromatic heterocycles. The quantitative estimate of drug-likeness (QED) is 0.841. The Hall–Kier alpha value is -2.20. The number of nitrogens with zero attached hydrogens (tertiary/aromatic N) is 1. The minimum Gasteiger partial charge on any atom is -0.349 e. The molecular weight excluding hydrogens is 339 g/mol. The van der Waals surface area contributed by atoms with Crippen LogP contribution in [0.4, 0.5) is 4.39 Å². The van der Waals surface area contributed by atoms with Crippen molar-refractivity contribution in [3.8, 4) is 0 Å². The van der Waals surface area contributed by atoms with Gasteiger partial charge in [0.05, 0.1) is 6.04 Å². The molecule has 1 amide bonds. The first kappa shape index (κ1) is 19.6. The van der Waals surface area contributed by atoms with E-state index in [4.69, 9.17) is 0 Å². The average Bonchev–Trinajstić information content (AvgIpc) is 2.66. The van der Waals surface area contributed by atoms with Gasteiger partial charge in [-0.05, 0) is 81.1 Å². The van der Waals surface area contributed by atoms with Gasteiger partial charge in [0, 0.05) is 12.5 Å². The van der Waals surface area contributed by atoms with E-state index in [1.54, 1.807) is 0 Å². The Kier molecular flexibility index (Phi) is 6.27. The van der Waals surface area contributed by atoms with E-state index in [0.717, 1.165) is 43.6 Å². The molecule has 2 aromatic carbocycles. The molecule has 3 nitrogen and oxygen atoms in total. The van der Waals surface area contributed by atoms with Crippen molar-refractivity contribution in [2.24, 2.45) is 5.92 Å². The van der Waals surface area contributed by atoms with Gasteiger partial charge in [0.25, 0.3) is 0 Å². The van der Waals surface area contributed by atoms with Gasteiger partial charge in [0.2, 0.25) is 5.91 Å². The topological polar surface area (TPSA) is 32.3 Å². The van der Waals surface area contributed by atoms with Crippen LogP contribution in [0.3, 0.4) is 0 Å². The van der Waals surface area contributed by atoms with E-state index in [9.17, 15) is 9.18 Å². The SMILES string of the molecule is Cc1ccc([C@@H](C)NC(=O)C2CCN(Cc3ccc(F)cc3)CC2)cc1C. The fourth-order valence-electron chi connectivity index (χ4n) is 3.65. The Morgan fingerprint density at radius 2 is 1.78 bits per heavy atom. The maximum absolute atomic E-state index is 13.0. The molecule has 4 heteroatoms. The van der Waals surface area contributed by atoms with Gasteiger partial charge in [-0.1, -0.05) is 30.3 Å². The van der Waals surface area contributed by atoms with Gasteiger partial charge in [0.15, 0.2) is 0 Å². The van der Waals surface area contributed by atoms with Gasteiger partial charge in [-0.25, -0.2) is 4.39 Å². The zero-order valence-electron chi connectivity index (χ0n) is 16.5. The van der Waals surface area contributed by atoms with Gasteiger partial charge >= 0.3 is 0 Å². The minimum atomic E-state index is -0.202. The number of hydrogen-bond acceptors (Lipinski definition) is 2. The molecule has 0 radical (unpaired) electrons. The second-order valence-electron chi connectivity index (χ2n) is 7.75. The molecule has 0 bridgehead atoms. The van der Waals surface area contributed by atoms with Crippen LogP contribution in [0.5, 0.6) is 0 Å². The molecule has 144 valence electrons. The second-order valence-corrected chi connectivity index (χ2v) is 7.75.